The fourth-order valence-corrected chi connectivity index (χ4v) is 1.52. The van der Waals surface area contributed by atoms with Gasteiger partial charge in [-0.15, -0.1) is 10.2 Å². The summed E-state index contributed by atoms with van der Waals surface area (Å²) in [4.78, 5) is 10.8. The van der Waals surface area contributed by atoms with Crippen LogP contribution in [0.25, 0.3) is 0 Å². The van der Waals surface area contributed by atoms with Crippen LogP contribution in [0.3, 0.4) is 0 Å². The largest absolute Gasteiger partial charge is 0.478 e. The van der Waals surface area contributed by atoms with Crippen LogP contribution < -0.4 is 0 Å². The van der Waals surface area contributed by atoms with Crippen LogP contribution in [0.15, 0.2) is 18.2 Å². The molecule has 0 amide bonds. The molecule has 82 valence electrons. The van der Waals surface area contributed by atoms with E-state index in [-0.39, 0.29) is 0 Å². The Hall–Kier alpha value is -2.24. The van der Waals surface area contributed by atoms with Crippen molar-refractivity contribution >= 4 is 5.97 Å². The van der Waals surface area contributed by atoms with Crippen LogP contribution in [0, 0.1) is 6.92 Å². The molecular formula is C10H10N4O2. The monoisotopic (exact) mass is 218 g/mol. The van der Waals surface area contributed by atoms with Crippen molar-refractivity contribution < 1.29 is 9.90 Å². The Morgan fingerprint density at radius 3 is 2.88 bits per heavy atom. The number of hydrogen-bond donors (Lipinski definition) is 2. The van der Waals surface area contributed by atoms with E-state index < -0.39 is 5.97 Å². The van der Waals surface area contributed by atoms with Crippen molar-refractivity contribution in [3.63, 3.8) is 0 Å². The van der Waals surface area contributed by atoms with Gasteiger partial charge in [0.2, 0.25) is 0 Å². The lowest BCUT2D eigenvalue weighted by molar-refractivity contribution is 0.0696. The van der Waals surface area contributed by atoms with Gasteiger partial charge < -0.3 is 5.11 Å². The number of aromatic amines is 1. The highest BCUT2D eigenvalue weighted by atomic mass is 16.4. The molecule has 2 aromatic rings. The number of rotatable bonds is 3. The number of carbonyl (C=O) groups is 1. The Balaban J connectivity index is 2.24. The number of nitrogens with one attached hydrogen (secondary N) is 1. The van der Waals surface area contributed by atoms with Crippen molar-refractivity contribution in [2.24, 2.45) is 0 Å². The Bertz CT molecular complexity index is 508. The molecule has 1 heterocycles. The Kier molecular flexibility index (Phi) is 2.63. The molecule has 0 atom stereocenters. The molecule has 0 bridgehead atoms. The van der Waals surface area contributed by atoms with E-state index >= 15 is 0 Å². The summed E-state index contributed by atoms with van der Waals surface area (Å²) in [5, 5.41) is 22.4. The van der Waals surface area contributed by atoms with Crippen LogP contribution in [0.2, 0.25) is 0 Å². The first-order valence-corrected chi connectivity index (χ1v) is 4.72. The van der Waals surface area contributed by atoms with Crippen molar-refractivity contribution in [3.05, 3.63) is 40.7 Å². The fourth-order valence-electron chi connectivity index (χ4n) is 1.52. The lowest BCUT2D eigenvalue weighted by atomic mass is 10.0. The van der Waals surface area contributed by atoms with Crippen molar-refractivity contribution in [1.29, 1.82) is 0 Å². The van der Waals surface area contributed by atoms with E-state index in [1.165, 1.54) is 0 Å². The summed E-state index contributed by atoms with van der Waals surface area (Å²) in [6.45, 7) is 1.77. The van der Waals surface area contributed by atoms with Gasteiger partial charge in [0.25, 0.3) is 0 Å². The first-order chi connectivity index (χ1) is 7.66. The van der Waals surface area contributed by atoms with Crippen LogP contribution in [-0.4, -0.2) is 31.7 Å². The predicted molar refractivity (Wildman–Crippen MR) is 55.1 cm³/mol. The molecule has 0 spiro atoms. The molecule has 0 unspecified atom stereocenters. The fraction of sp³-hybridized carbons (Fsp3) is 0.200. The Morgan fingerprint density at radius 2 is 2.31 bits per heavy atom. The van der Waals surface area contributed by atoms with E-state index in [4.69, 9.17) is 5.11 Å². The standard InChI is InChI=1S/C10H10N4O2/c1-6-4-7(2-3-8(6)10(15)16)5-9-11-13-14-12-9/h2-4H,5H2,1H3,(H,15,16)(H,11,12,13,14). The van der Waals surface area contributed by atoms with Gasteiger partial charge in [-0.2, -0.15) is 5.21 Å². The van der Waals surface area contributed by atoms with Gasteiger partial charge in [-0.1, -0.05) is 17.3 Å². The molecule has 0 radical (unpaired) electrons. The van der Waals surface area contributed by atoms with E-state index in [0.717, 1.165) is 11.1 Å². The maximum atomic E-state index is 10.8. The van der Waals surface area contributed by atoms with Crippen molar-refractivity contribution in [1.82, 2.24) is 20.6 Å². The average molecular weight is 218 g/mol. The lowest BCUT2D eigenvalue weighted by Gasteiger charge is -2.03. The molecule has 6 heteroatoms. The number of nitrogens with zero attached hydrogens (tertiary/aromatic N) is 3. The predicted octanol–water partition coefficient (Wildman–Crippen LogP) is 0.797. The number of carboxylic acid groups (broad SMARTS) is 1. The first-order valence-electron chi connectivity index (χ1n) is 4.72. The van der Waals surface area contributed by atoms with E-state index in [2.05, 4.69) is 20.6 Å². The summed E-state index contributed by atoms with van der Waals surface area (Å²) in [6, 6.07) is 5.17. The highest BCUT2D eigenvalue weighted by molar-refractivity contribution is 5.89. The highest BCUT2D eigenvalue weighted by Crippen LogP contribution is 2.13. The molecule has 2 rings (SSSR count). The van der Waals surface area contributed by atoms with Gasteiger partial charge in [-0.3, -0.25) is 0 Å². The molecule has 1 aromatic carbocycles. The lowest BCUT2D eigenvalue weighted by Crippen LogP contribution is -2.01. The molecule has 2 N–H and O–H groups in total. The second-order valence-corrected chi connectivity index (χ2v) is 3.46. The van der Waals surface area contributed by atoms with Gasteiger partial charge in [0.15, 0.2) is 5.82 Å². The minimum Gasteiger partial charge on any atom is -0.478 e. The second-order valence-electron chi connectivity index (χ2n) is 3.46. The van der Waals surface area contributed by atoms with Gasteiger partial charge in [0.05, 0.1) is 5.56 Å². The number of tetrazole rings is 1. The molecule has 0 saturated heterocycles. The third kappa shape index (κ3) is 2.05. The van der Waals surface area contributed by atoms with Crippen LogP contribution >= 0.6 is 0 Å². The minimum absolute atomic E-state index is 0.317. The number of aryl methyl sites for hydroxylation is 1. The van der Waals surface area contributed by atoms with Crippen LogP contribution in [-0.2, 0) is 6.42 Å². The van der Waals surface area contributed by atoms with E-state index in [1.807, 2.05) is 6.07 Å². The van der Waals surface area contributed by atoms with Crippen LogP contribution in [0.4, 0.5) is 0 Å². The first kappa shape index (κ1) is 10.3. The molecule has 0 fully saturated rings. The molecular weight excluding hydrogens is 208 g/mol. The minimum atomic E-state index is -0.913. The van der Waals surface area contributed by atoms with Gasteiger partial charge in [0.1, 0.15) is 0 Å². The highest BCUT2D eigenvalue weighted by Gasteiger charge is 2.08. The Labute approximate surface area is 91.3 Å². The van der Waals surface area contributed by atoms with E-state index in [0.29, 0.717) is 17.8 Å². The number of benzene rings is 1. The zero-order valence-corrected chi connectivity index (χ0v) is 8.64. The summed E-state index contributed by atoms with van der Waals surface area (Å²) in [6.07, 6.45) is 0.539. The number of hydrogen-bond acceptors (Lipinski definition) is 4. The molecule has 6 nitrogen and oxygen atoms in total. The molecule has 16 heavy (non-hydrogen) atoms. The van der Waals surface area contributed by atoms with E-state index in [1.54, 1.807) is 19.1 Å². The summed E-state index contributed by atoms with van der Waals surface area (Å²) in [7, 11) is 0. The number of aromatic nitrogens is 4. The summed E-state index contributed by atoms with van der Waals surface area (Å²) < 4.78 is 0. The zero-order valence-electron chi connectivity index (χ0n) is 8.64. The molecule has 1 aromatic heterocycles. The van der Waals surface area contributed by atoms with Gasteiger partial charge in [-0.05, 0) is 24.1 Å². The van der Waals surface area contributed by atoms with Gasteiger partial charge in [-0.25, -0.2) is 4.79 Å². The van der Waals surface area contributed by atoms with Crippen LogP contribution in [0.5, 0.6) is 0 Å². The third-order valence-electron chi connectivity index (χ3n) is 2.27. The maximum absolute atomic E-state index is 10.8. The average Bonchev–Trinajstić information content (AvgIpc) is 2.70. The Morgan fingerprint density at radius 1 is 1.50 bits per heavy atom. The quantitative estimate of drug-likeness (QED) is 0.794. The van der Waals surface area contributed by atoms with Gasteiger partial charge >= 0.3 is 5.97 Å². The molecule has 0 aliphatic carbocycles. The molecule has 0 saturated carbocycles. The third-order valence-corrected chi connectivity index (χ3v) is 2.27. The van der Waals surface area contributed by atoms with Gasteiger partial charge in [0, 0.05) is 6.42 Å². The van der Waals surface area contributed by atoms with Crippen molar-refractivity contribution in [2.45, 2.75) is 13.3 Å². The van der Waals surface area contributed by atoms with Crippen molar-refractivity contribution in [3.8, 4) is 0 Å². The smallest absolute Gasteiger partial charge is 0.335 e. The number of carboxylic acids is 1. The zero-order chi connectivity index (χ0) is 11.5. The summed E-state index contributed by atoms with van der Waals surface area (Å²) >= 11 is 0. The normalized spacial score (nSPS) is 10.3. The summed E-state index contributed by atoms with van der Waals surface area (Å²) in [5.41, 5.74) is 2.01. The summed E-state index contributed by atoms with van der Waals surface area (Å²) in [5.74, 6) is -0.328. The van der Waals surface area contributed by atoms with Crippen LogP contribution in [0.1, 0.15) is 27.3 Å². The maximum Gasteiger partial charge on any atom is 0.335 e. The molecule has 0 aliphatic rings. The number of aromatic carboxylic acids is 1. The molecule has 0 aliphatic heterocycles. The SMILES string of the molecule is Cc1cc(Cc2nn[nH]n2)ccc1C(=O)O. The number of H-pyrrole nitrogens is 1. The topological polar surface area (TPSA) is 91.8 Å². The van der Waals surface area contributed by atoms with Crippen molar-refractivity contribution in [2.75, 3.05) is 0 Å². The van der Waals surface area contributed by atoms with E-state index in [9.17, 15) is 4.79 Å². The second kappa shape index (κ2) is 4.09.